The van der Waals surface area contributed by atoms with Gasteiger partial charge in [0.15, 0.2) is 0 Å². The normalized spacial score (nSPS) is 17.9. The van der Waals surface area contributed by atoms with Gasteiger partial charge in [0.05, 0.1) is 0 Å². The van der Waals surface area contributed by atoms with Gasteiger partial charge in [-0.15, -0.1) is 10.2 Å². The van der Waals surface area contributed by atoms with E-state index in [0.29, 0.717) is 30.5 Å². The van der Waals surface area contributed by atoms with Gasteiger partial charge in [0.1, 0.15) is 0 Å². The zero-order chi connectivity index (χ0) is 17.6. The lowest BCUT2D eigenvalue weighted by molar-refractivity contribution is -0.133. The predicted molar refractivity (Wildman–Crippen MR) is 94.0 cm³/mol. The van der Waals surface area contributed by atoms with Gasteiger partial charge in [0.2, 0.25) is 17.7 Å². The summed E-state index contributed by atoms with van der Waals surface area (Å²) in [4.78, 5) is 18.7. The first kappa shape index (κ1) is 17.6. The lowest BCUT2D eigenvalue weighted by Crippen LogP contribution is -2.40. The fraction of sp³-hybridized carbons (Fsp3) is 0.579. The topological polar surface area (TPSA) is 72.1 Å². The maximum absolute atomic E-state index is 12.5. The molecule has 0 N–H and O–H groups in total. The Kier molecular flexibility index (Phi) is 5.79. The standard InChI is InChI=1S/C19H26N4O2/c1-14(2)19-22-21-17(25-19)7-8-18(24)23-10-4-6-16(13-23)11-15-5-3-9-20-12-15/h3,5,9,12,14,16H,4,6-8,10-11,13H2,1-2H3/t16-/m1/s1. The van der Waals surface area contributed by atoms with Crippen molar-refractivity contribution in [2.75, 3.05) is 13.1 Å². The maximum Gasteiger partial charge on any atom is 0.223 e. The van der Waals surface area contributed by atoms with Gasteiger partial charge in [-0.3, -0.25) is 9.78 Å². The molecule has 0 aromatic carbocycles. The summed E-state index contributed by atoms with van der Waals surface area (Å²) in [7, 11) is 0. The molecule has 1 aliphatic heterocycles. The fourth-order valence-corrected chi connectivity index (χ4v) is 3.28. The number of amides is 1. The number of aryl methyl sites for hydroxylation is 1. The molecule has 2 aromatic rings. The lowest BCUT2D eigenvalue weighted by Gasteiger charge is -2.33. The van der Waals surface area contributed by atoms with Gasteiger partial charge >= 0.3 is 0 Å². The van der Waals surface area contributed by atoms with Gasteiger partial charge in [-0.2, -0.15) is 0 Å². The van der Waals surface area contributed by atoms with Crippen LogP contribution in [0.5, 0.6) is 0 Å². The summed E-state index contributed by atoms with van der Waals surface area (Å²) in [6, 6.07) is 4.08. The Labute approximate surface area is 148 Å². The third-order valence-corrected chi connectivity index (χ3v) is 4.65. The van der Waals surface area contributed by atoms with Crippen LogP contribution in [0.4, 0.5) is 0 Å². The number of nitrogens with zero attached hydrogens (tertiary/aromatic N) is 4. The SMILES string of the molecule is CC(C)c1nnc(CCC(=O)N2CCC[C@H](Cc3cccnc3)C2)o1. The number of aromatic nitrogens is 3. The number of hydrogen-bond donors (Lipinski definition) is 0. The molecule has 25 heavy (non-hydrogen) atoms. The average Bonchev–Trinajstić information content (AvgIpc) is 3.10. The van der Waals surface area contributed by atoms with Crippen LogP contribution in [0.15, 0.2) is 28.9 Å². The van der Waals surface area contributed by atoms with Crippen LogP contribution < -0.4 is 0 Å². The summed E-state index contributed by atoms with van der Waals surface area (Å²) in [5, 5.41) is 8.05. The van der Waals surface area contributed by atoms with E-state index in [1.54, 1.807) is 6.20 Å². The minimum absolute atomic E-state index is 0.181. The molecule has 1 amide bonds. The van der Waals surface area contributed by atoms with E-state index >= 15 is 0 Å². The average molecular weight is 342 g/mol. The molecular formula is C19H26N4O2. The van der Waals surface area contributed by atoms with Gasteiger partial charge in [-0.25, -0.2) is 0 Å². The predicted octanol–water partition coefficient (Wildman–Crippen LogP) is 3.00. The van der Waals surface area contributed by atoms with Crippen LogP contribution in [-0.4, -0.2) is 39.1 Å². The Balaban J connectivity index is 1.49. The van der Waals surface area contributed by atoms with Crippen molar-refractivity contribution < 1.29 is 9.21 Å². The quantitative estimate of drug-likeness (QED) is 0.807. The number of piperidine rings is 1. The Bertz CT molecular complexity index is 684. The minimum atomic E-state index is 0.181. The van der Waals surface area contributed by atoms with Crippen molar-refractivity contribution in [2.45, 2.75) is 51.9 Å². The zero-order valence-corrected chi connectivity index (χ0v) is 15.0. The van der Waals surface area contributed by atoms with Crippen molar-refractivity contribution in [2.24, 2.45) is 5.92 Å². The third kappa shape index (κ3) is 4.87. The van der Waals surface area contributed by atoms with Gasteiger partial charge < -0.3 is 9.32 Å². The van der Waals surface area contributed by atoms with Crippen LogP contribution in [0, 0.1) is 5.92 Å². The van der Waals surface area contributed by atoms with Crippen molar-refractivity contribution in [3.05, 3.63) is 41.9 Å². The molecule has 2 aromatic heterocycles. The summed E-state index contributed by atoms with van der Waals surface area (Å²) < 4.78 is 5.58. The van der Waals surface area contributed by atoms with Gasteiger partial charge in [0, 0.05) is 44.2 Å². The Morgan fingerprint density at radius 3 is 3.00 bits per heavy atom. The van der Waals surface area contributed by atoms with Crippen molar-refractivity contribution in [3.63, 3.8) is 0 Å². The molecule has 6 nitrogen and oxygen atoms in total. The van der Waals surface area contributed by atoms with E-state index in [1.807, 2.05) is 31.0 Å². The number of hydrogen-bond acceptors (Lipinski definition) is 5. The first-order valence-corrected chi connectivity index (χ1v) is 9.10. The van der Waals surface area contributed by atoms with E-state index in [0.717, 1.165) is 25.9 Å². The summed E-state index contributed by atoms with van der Waals surface area (Å²) in [5.41, 5.74) is 1.24. The third-order valence-electron chi connectivity index (χ3n) is 4.65. The molecule has 1 fully saturated rings. The highest BCUT2D eigenvalue weighted by atomic mass is 16.4. The molecule has 134 valence electrons. The fourth-order valence-electron chi connectivity index (χ4n) is 3.28. The molecule has 0 bridgehead atoms. The molecule has 0 aliphatic carbocycles. The van der Waals surface area contributed by atoms with Crippen molar-refractivity contribution in [1.82, 2.24) is 20.1 Å². The van der Waals surface area contributed by atoms with E-state index in [9.17, 15) is 4.79 Å². The van der Waals surface area contributed by atoms with Crippen LogP contribution in [0.3, 0.4) is 0 Å². The van der Waals surface area contributed by atoms with Crippen LogP contribution >= 0.6 is 0 Å². The van der Waals surface area contributed by atoms with E-state index in [1.165, 1.54) is 12.0 Å². The second kappa shape index (κ2) is 8.23. The molecule has 1 atom stereocenters. The Morgan fingerprint density at radius 1 is 1.40 bits per heavy atom. The lowest BCUT2D eigenvalue weighted by atomic mass is 9.91. The summed E-state index contributed by atoms with van der Waals surface area (Å²) >= 11 is 0. The highest BCUT2D eigenvalue weighted by molar-refractivity contribution is 5.76. The number of carbonyl (C=O) groups is 1. The summed E-state index contributed by atoms with van der Waals surface area (Å²) in [6.07, 6.45) is 7.88. The molecule has 0 saturated carbocycles. The monoisotopic (exact) mass is 342 g/mol. The van der Waals surface area contributed by atoms with Crippen molar-refractivity contribution in [1.29, 1.82) is 0 Å². The second-order valence-corrected chi connectivity index (χ2v) is 7.10. The summed E-state index contributed by atoms with van der Waals surface area (Å²) in [6.45, 7) is 5.70. The highest BCUT2D eigenvalue weighted by Crippen LogP contribution is 2.21. The first-order chi connectivity index (χ1) is 12.1. The van der Waals surface area contributed by atoms with E-state index in [4.69, 9.17) is 4.42 Å². The van der Waals surface area contributed by atoms with Crippen LogP contribution in [0.25, 0.3) is 0 Å². The smallest absolute Gasteiger partial charge is 0.223 e. The van der Waals surface area contributed by atoms with Crippen LogP contribution in [-0.2, 0) is 17.6 Å². The maximum atomic E-state index is 12.5. The molecule has 1 saturated heterocycles. The molecule has 3 rings (SSSR count). The molecule has 0 unspecified atom stereocenters. The van der Waals surface area contributed by atoms with Gasteiger partial charge in [-0.05, 0) is 36.8 Å². The van der Waals surface area contributed by atoms with Crippen molar-refractivity contribution in [3.8, 4) is 0 Å². The molecule has 0 radical (unpaired) electrons. The second-order valence-electron chi connectivity index (χ2n) is 7.10. The Hall–Kier alpha value is -2.24. The van der Waals surface area contributed by atoms with E-state index in [-0.39, 0.29) is 11.8 Å². The summed E-state index contributed by atoms with van der Waals surface area (Å²) in [5.74, 6) is 2.10. The molecular weight excluding hydrogens is 316 g/mol. The highest BCUT2D eigenvalue weighted by Gasteiger charge is 2.24. The van der Waals surface area contributed by atoms with E-state index in [2.05, 4.69) is 21.2 Å². The molecule has 1 aliphatic rings. The van der Waals surface area contributed by atoms with Crippen LogP contribution in [0.2, 0.25) is 0 Å². The first-order valence-electron chi connectivity index (χ1n) is 9.10. The van der Waals surface area contributed by atoms with Crippen LogP contribution in [0.1, 0.15) is 56.4 Å². The minimum Gasteiger partial charge on any atom is -0.425 e. The number of pyridine rings is 1. The van der Waals surface area contributed by atoms with Crippen molar-refractivity contribution >= 4 is 5.91 Å². The zero-order valence-electron chi connectivity index (χ0n) is 15.0. The molecule has 0 spiro atoms. The number of likely N-dealkylation sites (tertiary alicyclic amines) is 1. The molecule has 3 heterocycles. The number of carbonyl (C=O) groups excluding carboxylic acids is 1. The largest absolute Gasteiger partial charge is 0.425 e. The van der Waals surface area contributed by atoms with Gasteiger partial charge in [0.25, 0.3) is 0 Å². The molecule has 6 heteroatoms. The number of rotatable bonds is 6. The van der Waals surface area contributed by atoms with Gasteiger partial charge in [-0.1, -0.05) is 19.9 Å². The Morgan fingerprint density at radius 2 is 2.28 bits per heavy atom. The van der Waals surface area contributed by atoms with E-state index < -0.39 is 0 Å².